The molecule has 0 bridgehead atoms. The summed E-state index contributed by atoms with van der Waals surface area (Å²) in [6.45, 7) is 2.37. The molecule has 0 atom stereocenters. The summed E-state index contributed by atoms with van der Waals surface area (Å²) in [5.41, 5.74) is 2.05. The highest BCUT2D eigenvalue weighted by Gasteiger charge is 2.13. The van der Waals surface area contributed by atoms with Gasteiger partial charge < -0.3 is 10.3 Å². The largest absolute Gasteiger partial charge is 0.362 e. The molecule has 0 radical (unpaired) electrons. The lowest BCUT2D eigenvalue weighted by molar-refractivity contribution is -0.118. The molecule has 7 nitrogen and oxygen atoms in total. The molecule has 9 heteroatoms. The van der Waals surface area contributed by atoms with Crippen molar-refractivity contribution in [1.29, 1.82) is 0 Å². The molecule has 0 amide bonds. The first-order valence-electron chi connectivity index (χ1n) is 7.17. The molecule has 2 aromatic heterocycles. The number of hydrogen-bond acceptors (Lipinski definition) is 7. The van der Waals surface area contributed by atoms with Crippen LogP contribution in [0.5, 0.6) is 0 Å². The molecule has 0 unspecified atom stereocenters. The summed E-state index contributed by atoms with van der Waals surface area (Å²) in [6.07, 6.45) is 4.47. The van der Waals surface area contributed by atoms with Crippen LogP contribution in [-0.2, 0) is 4.79 Å². The molecule has 0 spiro atoms. The zero-order chi connectivity index (χ0) is 16.2. The molecule has 2 N–H and O–H groups in total. The minimum atomic E-state index is 0.138. The Morgan fingerprint density at radius 2 is 2.35 bits per heavy atom. The number of aromatic amines is 1. The van der Waals surface area contributed by atoms with Crippen molar-refractivity contribution >= 4 is 51.2 Å². The van der Waals surface area contributed by atoms with Crippen LogP contribution in [0.25, 0.3) is 11.2 Å². The number of nitrogens with one attached hydrogen (secondary N) is 2. The summed E-state index contributed by atoms with van der Waals surface area (Å²) in [4.78, 5) is 31.3. The van der Waals surface area contributed by atoms with Gasteiger partial charge in [0.1, 0.15) is 11.3 Å². The second-order valence-electron chi connectivity index (χ2n) is 4.88. The summed E-state index contributed by atoms with van der Waals surface area (Å²) < 4.78 is 0. The Hall–Kier alpha value is -1.93. The van der Waals surface area contributed by atoms with Crippen molar-refractivity contribution in [2.75, 3.05) is 17.6 Å². The van der Waals surface area contributed by atoms with Crippen molar-refractivity contribution < 1.29 is 4.79 Å². The lowest BCUT2D eigenvalue weighted by Crippen LogP contribution is -2.15. The van der Waals surface area contributed by atoms with Crippen LogP contribution in [0.2, 0.25) is 5.28 Å². The molecule has 0 aliphatic carbocycles. The zero-order valence-electron chi connectivity index (χ0n) is 12.5. The van der Waals surface area contributed by atoms with Gasteiger partial charge in [-0.1, -0.05) is 13.0 Å². The molecule has 1 aliphatic rings. The third kappa shape index (κ3) is 3.89. The van der Waals surface area contributed by atoms with Gasteiger partial charge in [0, 0.05) is 24.3 Å². The Balaban J connectivity index is 1.71. The van der Waals surface area contributed by atoms with E-state index in [2.05, 4.69) is 30.2 Å². The third-order valence-corrected chi connectivity index (χ3v) is 4.35. The quantitative estimate of drug-likeness (QED) is 0.778. The number of allylic oxidation sites excluding steroid dienone is 1. The van der Waals surface area contributed by atoms with Gasteiger partial charge in [-0.3, -0.25) is 4.79 Å². The Labute approximate surface area is 142 Å². The van der Waals surface area contributed by atoms with E-state index < -0.39 is 0 Å². The predicted molar refractivity (Wildman–Crippen MR) is 93.1 cm³/mol. The van der Waals surface area contributed by atoms with E-state index >= 15 is 0 Å². The van der Waals surface area contributed by atoms with E-state index in [9.17, 15) is 4.79 Å². The number of H-pyrrole nitrogens is 1. The second kappa shape index (κ2) is 7.10. The van der Waals surface area contributed by atoms with Gasteiger partial charge in [0.05, 0.1) is 17.9 Å². The monoisotopic (exact) mass is 350 g/mol. The fraction of sp³-hybridized carbons (Fsp3) is 0.357. The van der Waals surface area contributed by atoms with Crippen LogP contribution < -0.4 is 5.32 Å². The first kappa shape index (κ1) is 15.9. The van der Waals surface area contributed by atoms with E-state index in [0.717, 1.165) is 16.5 Å². The van der Waals surface area contributed by atoms with Crippen molar-refractivity contribution in [3.05, 3.63) is 23.4 Å². The van der Waals surface area contributed by atoms with Crippen molar-refractivity contribution in [3.8, 4) is 0 Å². The van der Waals surface area contributed by atoms with E-state index in [-0.39, 0.29) is 11.1 Å². The van der Waals surface area contributed by atoms with E-state index in [0.29, 0.717) is 36.4 Å². The molecule has 3 rings (SSSR count). The maximum atomic E-state index is 11.5. The number of fused-ring (bicyclic) bond motifs is 1. The van der Waals surface area contributed by atoms with E-state index in [1.165, 1.54) is 0 Å². The van der Waals surface area contributed by atoms with Crippen LogP contribution in [0.1, 0.15) is 19.8 Å². The van der Waals surface area contributed by atoms with E-state index in [4.69, 9.17) is 11.6 Å². The zero-order valence-corrected chi connectivity index (χ0v) is 14.0. The number of imidazole rings is 1. The molecular weight excluding hydrogens is 336 g/mol. The molecule has 0 fully saturated rings. The van der Waals surface area contributed by atoms with Crippen molar-refractivity contribution in [3.63, 3.8) is 0 Å². The van der Waals surface area contributed by atoms with Crippen LogP contribution in [-0.4, -0.2) is 43.1 Å². The maximum absolute atomic E-state index is 11.5. The highest BCUT2D eigenvalue weighted by Crippen LogP contribution is 2.21. The molecule has 23 heavy (non-hydrogen) atoms. The summed E-state index contributed by atoms with van der Waals surface area (Å²) in [5.74, 6) is 1.60. The van der Waals surface area contributed by atoms with Crippen LogP contribution in [0.3, 0.4) is 0 Å². The Kier molecular flexibility index (Phi) is 4.92. The van der Waals surface area contributed by atoms with Crippen LogP contribution >= 0.6 is 23.4 Å². The van der Waals surface area contributed by atoms with Gasteiger partial charge in [-0.15, -0.1) is 11.8 Å². The molecule has 1 aliphatic heterocycles. The van der Waals surface area contributed by atoms with Crippen molar-refractivity contribution in [2.24, 2.45) is 4.99 Å². The van der Waals surface area contributed by atoms with Gasteiger partial charge in [0.2, 0.25) is 5.28 Å². The fourth-order valence-corrected chi connectivity index (χ4v) is 3.08. The summed E-state index contributed by atoms with van der Waals surface area (Å²) >= 11 is 7.53. The number of hydrogen-bond donors (Lipinski definition) is 2. The molecule has 120 valence electrons. The number of carbonyl (C=O) groups excluding carboxylic acids is 1. The van der Waals surface area contributed by atoms with E-state index in [1.54, 1.807) is 18.1 Å². The number of nitrogens with zero attached hydrogens (tertiary/aromatic N) is 4. The van der Waals surface area contributed by atoms with Gasteiger partial charge in [-0.05, 0) is 11.6 Å². The predicted octanol–water partition coefficient (Wildman–Crippen LogP) is 2.82. The lowest BCUT2D eigenvalue weighted by Gasteiger charge is -2.13. The minimum absolute atomic E-state index is 0.138. The molecule has 0 aromatic carbocycles. The number of carbonyl (C=O) groups is 1. The van der Waals surface area contributed by atoms with Gasteiger partial charge in [0.15, 0.2) is 11.5 Å². The highest BCUT2D eigenvalue weighted by molar-refractivity contribution is 8.14. The maximum Gasteiger partial charge on any atom is 0.226 e. The van der Waals surface area contributed by atoms with Crippen LogP contribution in [0.4, 0.5) is 5.82 Å². The number of halogens is 1. The molecule has 3 heterocycles. The number of ketones is 1. The van der Waals surface area contributed by atoms with Gasteiger partial charge in [-0.2, -0.15) is 9.97 Å². The van der Waals surface area contributed by atoms with Gasteiger partial charge in [-0.25, -0.2) is 9.98 Å². The van der Waals surface area contributed by atoms with Crippen molar-refractivity contribution in [1.82, 2.24) is 19.9 Å². The summed E-state index contributed by atoms with van der Waals surface area (Å²) in [6, 6.07) is 0. The number of thioether (sulfide) groups is 1. The second-order valence-corrected chi connectivity index (χ2v) is 6.31. The normalized spacial score (nSPS) is 14.5. The van der Waals surface area contributed by atoms with Gasteiger partial charge >= 0.3 is 0 Å². The number of Topliss-reactive ketones (excluding diaryl/α,β-unsaturated/α-hetero) is 1. The summed E-state index contributed by atoms with van der Waals surface area (Å²) in [5, 5.41) is 4.25. The topological polar surface area (TPSA) is 95.9 Å². The average molecular weight is 351 g/mol. The molecule has 0 saturated carbocycles. The Morgan fingerprint density at radius 1 is 1.48 bits per heavy atom. The Morgan fingerprint density at radius 3 is 3.17 bits per heavy atom. The molecule has 0 saturated heterocycles. The summed E-state index contributed by atoms with van der Waals surface area (Å²) in [7, 11) is 0. The standard InChI is InChI=1S/C14H15ClN6OS/c1-2-9(22)5-8-3-4-23-10(19-8)6-16-12-11-13(18-7-17-11)21-14(15)20-12/h3,7H,2,4-6H2,1H3,(H2,16,17,18,20,21). The Bertz CT molecular complexity index is 800. The van der Waals surface area contributed by atoms with Gasteiger partial charge in [0.25, 0.3) is 0 Å². The number of rotatable bonds is 6. The number of aliphatic imine (C=N–C) groups is 1. The third-order valence-electron chi connectivity index (χ3n) is 3.28. The first-order valence-corrected chi connectivity index (χ1v) is 8.53. The minimum Gasteiger partial charge on any atom is -0.362 e. The lowest BCUT2D eigenvalue weighted by atomic mass is 10.2. The fourth-order valence-electron chi connectivity index (χ4n) is 2.10. The number of aromatic nitrogens is 4. The van der Waals surface area contributed by atoms with Crippen molar-refractivity contribution in [2.45, 2.75) is 19.8 Å². The molecule has 2 aromatic rings. The smallest absolute Gasteiger partial charge is 0.226 e. The molecular formula is C14H15ClN6OS. The van der Waals surface area contributed by atoms with Crippen LogP contribution in [0.15, 0.2) is 23.1 Å². The average Bonchev–Trinajstić information content (AvgIpc) is 3.01. The highest BCUT2D eigenvalue weighted by atomic mass is 35.5. The van der Waals surface area contributed by atoms with E-state index in [1.807, 2.05) is 13.0 Å². The van der Waals surface area contributed by atoms with Crippen LogP contribution in [0, 0.1) is 0 Å². The first-order chi connectivity index (χ1) is 11.2. The number of anilines is 1. The SMILES string of the molecule is CCC(=O)CC1=CCSC(CNc2nc(Cl)nc3nc[nH]c23)=N1.